The van der Waals surface area contributed by atoms with Crippen molar-refractivity contribution in [1.29, 1.82) is 0 Å². The number of amides is 1. The average Bonchev–Trinajstić information content (AvgIpc) is 2.81. The van der Waals surface area contributed by atoms with E-state index in [0.717, 1.165) is 12.8 Å². The van der Waals surface area contributed by atoms with Crippen LogP contribution in [0.25, 0.3) is 0 Å². The van der Waals surface area contributed by atoms with Crippen molar-refractivity contribution >= 4 is 5.91 Å². The monoisotopic (exact) mass is 224 g/mol. The predicted molar refractivity (Wildman–Crippen MR) is 61.8 cm³/mol. The van der Waals surface area contributed by atoms with Crippen molar-refractivity contribution in [3.05, 3.63) is 12.2 Å². The molecule has 2 unspecified atom stereocenters. The molecule has 90 valence electrons. The molecular formula is C12H20N2O2. The highest BCUT2D eigenvalue weighted by Gasteiger charge is 2.30. The van der Waals surface area contributed by atoms with Gasteiger partial charge in [0.2, 0.25) is 5.91 Å². The van der Waals surface area contributed by atoms with Crippen LogP contribution in [0.15, 0.2) is 12.2 Å². The molecule has 0 saturated carbocycles. The Kier molecular flexibility index (Phi) is 3.61. The molecule has 16 heavy (non-hydrogen) atoms. The summed E-state index contributed by atoms with van der Waals surface area (Å²) in [6.45, 7) is 3.89. The lowest BCUT2D eigenvalue weighted by atomic mass is 10.0. The van der Waals surface area contributed by atoms with Crippen molar-refractivity contribution in [2.75, 3.05) is 19.7 Å². The Balaban J connectivity index is 1.91. The van der Waals surface area contributed by atoms with Gasteiger partial charge in [-0.05, 0) is 19.8 Å². The van der Waals surface area contributed by atoms with Gasteiger partial charge in [-0.3, -0.25) is 4.79 Å². The maximum absolute atomic E-state index is 12.2. The third kappa shape index (κ3) is 2.44. The second kappa shape index (κ2) is 4.97. The topological polar surface area (TPSA) is 55.6 Å². The minimum atomic E-state index is -0.0164. The third-order valence-electron chi connectivity index (χ3n) is 3.35. The minimum absolute atomic E-state index is 0.00735. The fourth-order valence-electron chi connectivity index (χ4n) is 2.27. The molecule has 0 aromatic heterocycles. The molecule has 4 nitrogen and oxygen atoms in total. The molecule has 4 heteroatoms. The summed E-state index contributed by atoms with van der Waals surface area (Å²) in [6.07, 6.45) is 5.95. The van der Waals surface area contributed by atoms with Crippen molar-refractivity contribution in [1.82, 2.24) is 4.90 Å². The number of hydrogen-bond acceptors (Lipinski definition) is 3. The van der Waals surface area contributed by atoms with Crippen molar-refractivity contribution in [2.24, 2.45) is 11.7 Å². The van der Waals surface area contributed by atoms with E-state index in [1.54, 1.807) is 0 Å². The second-order valence-electron chi connectivity index (χ2n) is 4.69. The van der Waals surface area contributed by atoms with Crippen LogP contribution in [-0.2, 0) is 9.53 Å². The van der Waals surface area contributed by atoms with Gasteiger partial charge in [-0.1, -0.05) is 12.2 Å². The Labute approximate surface area is 96.4 Å². The van der Waals surface area contributed by atoms with Gasteiger partial charge in [-0.2, -0.15) is 0 Å². The number of hydrogen-bond donors (Lipinski definition) is 1. The van der Waals surface area contributed by atoms with Gasteiger partial charge in [0.15, 0.2) is 0 Å². The fraction of sp³-hybridized carbons (Fsp3) is 0.750. The van der Waals surface area contributed by atoms with Gasteiger partial charge in [0, 0.05) is 25.0 Å². The Morgan fingerprint density at radius 2 is 2.19 bits per heavy atom. The smallest absolute Gasteiger partial charge is 0.226 e. The number of carbonyl (C=O) groups excluding carboxylic acids is 1. The number of carbonyl (C=O) groups is 1. The molecule has 0 aromatic rings. The van der Waals surface area contributed by atoms with Crippen LogP contribution >= 0.6 is 0 Å². The molecule has 2 aliphatic rings. The predicted octanol–water partition coefficient (Wildman–Crippen LogP) is 0.527. The second-order valence-corrected chi connectivity index (χ2v) is 4.69. The van der Waals surface area contributed by atoms with Crippen molar-refractivity contribution in [3.8, 4) is 0 Å². The summed E-state index contributed by atoms with van der Waals surface area (Å²) in [6, 6.07) is -0.0164. The zero-order valence-corrected chi connectivity index (χ0v) is 9.76. The highest BCUT2D eigenvalue weighted by atomic mass is 16.5. The van der Waals surface area contributed by atoms with Gasteiger partial charge in [0.05, 0.1) is 12.7 Å². The number of nitrogens with two attached hydrogens (primary N) is 1. The number of ether oxygens (including phenoxy) is 1. The molecule has 1 fully saturated rings. The van der Waals surface area contributed by atoms with Crippen LogP contribution in [0.5, 0.6) is 0 Å². The highest BCUT2D eigenvalue weighted by Crippen LogP contribution is 2.21. The average molecular weight is 224 g/mol. The van der Waals surface area contributed by atoms with Crippen LogP contribution in [0.2, 0.25) is 0 Å². The first kappa shape index (κ1) is 11.6. The molecule has 2 rings (SSSR count). The normalized spacial score (nSPS) is 28.4. The largest absolute Gasteiger partial charge is 0.373 e. The lowest BCUT2D eigenvalue weighted by Gasteiger charge is -2.36. The standard InChI is InChI=1S/C12H20N2O2/c1-9(13)11-8-14(6-7-16-11)12(15)10-4-2-3-5-10/h2-3,9-11H,4-8,13H2,1H3. The summed E-state index contributed by atoms with van der Waals surface area (Å²) >= 11 is 0. The maximum atomic E-state index is 12.2. The van der Waals surface area contributed by atoms with E-state index < -0.39 is 0 Å². The Morgan fingerprint density at radius 3 is 2.81 bits per heavy atom. The molecule has 1 saturated heterocycles. The first-order chi connectivity index (χ1) is 7.68. The first-order valence-electron chi connectivity index (χ1n) is 5.99. The van der Waals surface area contributed by atoms with Crippen LogP contribution in [-0.4, -0.2) is 42.6 Å². The molecule has 0 spiro atoms. The van der Waals surface area contributed by atoms with Crippen molar-refractivity contribution < 1.29 is 9.53 Å². The van der Waals surface area contributed by atoms with Crippen LogP contribution < -0.4 is 5.73 Å². The van der Waals surface area contributed by atoms with E-state index >= 15 is 0 Å². The molecule has 0 bridgehead atoms. The highest BCUT2D eigenvalue weighted by molar-refractivity contribution is 5.79. The van der Waals surface area contributed by atoms with Crippen molar-refractivity contribution in [2.45, 2.75) is 31.9 Å². The molecular weight excluding hydrogens is 204 g/mol. The molecule has 1 heterocycles. The lowest BCUT2D eigenvalue weighted by molar-refractivity contribution is -0.143. The third-order valence-corrected chi connectivity index (χ3v) is 3.35. The van der Waals surface area contributed by atoms with Gasteiger partial charge in [0.1, 0.15) is 0 Å². The van der Waals surface area contributed by atoms with E-state index in [-0.39, 0.29) is 24.0 Å². The van der Waals surface area contributed by atoms with Crippen molar-refractivity contribution in [3.63, 3.8) is 0 Å². The van der Waals surface area contributed by atoms with Crippen LogP contribution in [0.3, 0.4) is 0 Å². The van der Waals surface area contributed by atoms with Gasteiger partial charge in [-0.25, -0.2) is 0 Å². The SMILES string of the molecule is CC(N)C1CN(C(=O)C2CC=CC2)CCO1. The van der Waals surface area contributed by atoms with Crippen LogP contribution in [0, 0.1) is 5.92 Å². The van der Waals surface area contributed by atoms with E-state index in [1.165, 1.54) is 0 Å². The zero-order valence-electron chi connectivity index (χ0n) is 9.76. The summed E-state index contributed by atoms with van der Waals surface area (Å²) in [5.41, 5.74) is 5.81. The molecule has 0 radical (unpaired) electrons. The fourth-order valence-corrected chi connectivity index (χ4v) is 2.27. The molecule has 0 aromatic carbocycles. The maximum Gasteiger partial charge on any atom is 0.226 e. The summed E-state index contributed by atoms with van der Waals surface area (Å²) < 4.78 is 5.55. The number of nitrogens with zero attached hydrogens (tertiary/aromatic N) is 1. The molecule has 2 N–H and O–H groups in total. The van der Waals surface area contributed by atoms with Gasteiger partial charge >= 0.3 is 0 Å². The molecule has 1 aliphatic heterocycles. The summed E-state index contributed by atoms with van der Waals surface area (Å²) in [5.74, 6) is 0.422. The number of allylic oxidation sites excluding steroid dienone is 2. The Bertz CT molecular complexity index is 281. The summed E-state index contributed by atoms with van der Waals surface area (Å²) in [5, 5.41) is 0. The van der Waals surface area contributed by atoms with Gasteiger partial charge in [0.25, 0.3) is 0 Å². The van der Waals surface area contributed by atoms with E-state index in [0.29, 0.717) is 19.7 Å². The minimum Gasteiger partial charge on any atom is -0.373 e. The Morgan fingerprint density at radius 1 is 1.50 bits per heavy atom. The van der Waals surface area contributed by atoms with Gasteiger partial charge < -0.3 is 15.4 Å². The van der Waals surface area contributed by atoms with Crippen LogP contribution in [0.1, 0.15) is 19.8 Å². The van der Waals surface area contributed by atoms with E-state index in [4.69, 9.17) is 10.5 Å². The van der Waals surface area contributed by atoms with E-state index in [1.807, 2.05) is 11.8 Å². The molecule has 2 atom stereocenters. The molecule has 1 aliphatic carbocycles. The van der Waals surface area contributed by atoms with E-state index in [9.17, 15) is 4.79 Å². The molecule has 1 amide bonds. The number of morpholine rings is 1. The lowest BCUT2D eigenvalue weighted by Crippen LogP contribution is -2.52. The quantitative estimate of drug-likeness (QED) is 0.696. The summed E-state index contributed by atoms with van der Waals surface area (Å²) in [7, 11) is 0. The van der Waals surface area contributed by atoms with Gasteiger partial charge in [-0.15, -0.1) is 0 Å². The zero-order chi connectivity index (χ0) is 11.5. The Hall–Kier alpha value is -0.870. The number of rotatable bonds is 2. The van der Waals surface area contributed by atoms with E-state index in [2.05, 4.69) is 12.2 Å². The summed E-state index contributed by atoms with van der Waals surface area (Å²) in [4.78, 5) is 14.1. The first-order valence-corrected chi connectivity index (χ1v) is 5.99. The van der Waals surface area contributed by atoms with Crippen LogP contribution in [0.4, 0.5) is 0 Å².